The van der Waals surface area contributed by atoms with Gasteiger partial charge in [-0.05, 0) is 53.9 Å². The van der Waals surface area contributed by atoms with Crippen LogP contribution in [0.5, 0.6) is 0 Å². The van der Waals surface area contributed by atoms with E-state index in [1.807, 2.05) is 0 Å². The van der Waals surface area contributed by atoms with Crippen LogP contribution in [-0.2, 0) is 9.59 Å². The van der Waals surface area contributed by atoms with E-state index in [9.17, 15) is 19.2 Å². The van der Waals surface area contributed by atoms with Crippen LogP contribution in [-0.4, -0.2) is 40.0 Å². The largest absolute Gasteiger partial charge is 0.481 e. The molecule has 0 spiro atoms. The predicted octanol–water partition coefficient (Wildman–Crippen LogP) is 3.25. The van der Waals surface area contributed by atoms with Gasteiger partial charge in [-0.25, -0.2) is 4.79 Å². The minimum Gasteiger partial charge on any atom is -0.481 e. The van der Waals surface area contributed by atoms with Crippen LogP contribution in [0.1, 0.15) is 33.8 Å². The minimum atomic E-state index is -1.30. The molecule has 2 aromatic carbocycles. The molecule has 3 aromatic rings. The third-order valence-electron chi connectivity index (χ3n) is 4.62. The summed E-state index contributed by atoms with van der Waals surface area (Å²) in [6, 6.07) is 15.5. The number of carboxylic acid groups (broad SMARTS) is 2. The lowest BCUT2D eigenvalue weighted by Gasteiger charge is -2.13. The van der Waals surface area contributed by atoms with Crippen molar-refractivity contribution in [3.05, 3.63) is 78.3 Å². The number of hydrogen-bond acceptors (Lipinski definition) is 5. The van der Waals surface area contributed by atoms with Crippen molar-refractivity contribution in [1.82, 2.24) is 5.32 Å². The molecule has 0 aliphatic heterocycles. The topological polar surface area (TPSA) is 146 Å². The van der Waals surface area contributed by atoms with Crippen LogP contribution < -0.4 is 10.6 Å². The van der Waals surface area contributed by atoms with Gasteiger partial charge in [-0.15, -0.1) is 0 Å². The molecule has 0 aliphatic rings. The van der Waals surface area contributed by atoms with Crippen LogP contribution in [0.2, 0.25) is 0 Å². The Labute approximate surface area is 182 Å². The Bertz CT molecular complexity index is 1100. The van der Waals surface area contributed by atoms with Crippen molar-refractivity contribution in [2.24, 2.45) is 0 Å². The Kier molecular flexibility index (Phi) is 7.02. The molecule has 0 bridgehead atoms. The molecule has 0 saturated carbocycles. The quantitative estimate of drug-likeness (QED) is 0.403. The van der Waals surface area contributed by atoms with Crippen molar-refractivity contribution in [2.45, 2.75) is 18.9 Å². The highest BCUT2D eigenvalue weighted by Crippen LogP contribution is 2.22. The van der Waals surface area contributed by atoms with E-state index in [0.717, 1.165) is 11.1 Å². The number of hydrogen-bond donors (Lipinski definition) is 4. The molecule has 0 fully saturated rings. The summed E-state index contributed by atoms with van der Waals surface area (Å²) in [5.41, 5.74) is 2.49. The molecule has 1 unspecified atom stereocenters. The average Bonchev–Trinajstić information content (AvgIpc) is 3.32. The van der Waals surface area contributed by atoms with Crippen molar-refractivity contribution < 1.29 is 33.8 Å². The Morgan fingerprint density at radius 2 is 1.47 bits per heavy atom. The second-order valence-corrected chi connectivity index (χ2v) is 6.88. The molecular weight excluding hydrogens is 416 g/mol. The highest BCUT2D eigenvalue weighted by atomic mass is 16.4. The number of carboxylic acids is 2. The van der Waals surface area contributed by atoms with E-state index in [2.05, 4.69) is 10.6 Å². The number of furan rings is 1. The van der Waals surface area contributed by atoms with Crippen LogP contribution in [0.4, 0.5) is 5.69 Å². The standard InChI is InChI=1S/C23H20N2O7/c26-20(27)12-11-18(23(30)31)25-21(28)16-5-3-14(4-6-16)15-7-9-17(10-8-15)24-22(29)19-2-1-13-32-19/h1-10,13,18H,11-12H2,(H,24,29)(H,25,28)(H,26,27)(H,30,31). The van der Waals surface area contributed by atoms with Gasteiger partial charge < -0.3 is 25.3 Å². The van der Waals surface area contributed by atoms with Gasteiger partial charge in [0.1, 0.15) is 6.04 Å². The maximum atomic E-state index is 12.3. The first kappa shape index (κ1) is 22.3. The highest BCUT2D eigenvalue weighted by molar-refractivity contribution is 6.02. The number of aliphatic carboxylic acids is 2. The summed E-state index contributed by atoms with van der Waals surface area (Å²) in [6.45, 7) is 0. The van der Waals surface area contributed by atoms with Crippen molar-refractivity contribution in [3.63, 3.8) is 0 Å². The van der Waals surface area contributed by atoms with E-state index in [1.165, 1.54) is 6.26 Å². The lowest BCUT2D eigenvalue weighted by atomic mass is 10.0. The third kappa shape index (κ3) is 5.82. The highest BCUT2D eigenvalue weighted by Gasteiger charge is 2.21. The van der Waals surface area contributed by atoms with Crippen LogP contribution in [0.3, 0.4) is 0 Å². The summed E-state index contributed by atoms with van der Waals surface area (Å²) in [4.78, 5) is 46.2. The van der Waals surface area contributed by atoms with Gasteiger partial charge in [-0.1, -0.05) is 24.3 Å². The molecule has 1 heterocycles. The Hall–Kier alpha value is -4.40. The van der Waals surface area contributed by atoms with E-state index in [0.29, 0.717) is 5.69 Å². The van der Waals surface area contributed by atoms with E-state index in [1.54, 1.807) is 60.7 Å². The minimum absolute atomic E-state index is 0.205. The average molecular weight is 436 g/mol. The number of benzene rings is 2. The van der Waals surface area contributed by atoms with Crippen molar-refractivity contribution in [2.75, 3.05) is 5.32 Å². The fraction of sp³-hybridized carbons (Fsp3) is 0.130. The molecule has 2 amide bonds. The smallest absolute Gasteiger partial charge is 0.326 e. The Morgan fingerprint density at radius 3 is 2.00 bits per heavy atom. The van der Waals surface area contributed by atoms with Crippen LogP contribution in [0, 0.1) is 0 Å². The molecule has 0 radical (unpaired) electrons. The molecular formula is C23H20N2O7. The summed E-state index contributed by atoms with van der Waals surface area (Å²) in [5.74, 6) is -3.20. The molecule has 9 nitrogen and oxygen atoms in total. The molecule has 9 heteroatoms. The number of carbonyl (C=O) groups is 4. The molecule has 0 aliphatic carbocycles. The maximum absolute atomic E-state index is 12.3. The van der Waals surface area contributed by atoms with Gasteiger partial charge >= 0.3 is 11.9 Å². The Balaban J connectivity index is 1.63. The van der Waals surface area contributed by atoms with Gasteiger partial charge in [0.05, 0.1) is 6.26 Å². The lowest BCUT2D eigenvalue weighted by molar-refractivity contribution is -0.140. The van der Waals surface area contributed by atoms with Gasteiger partial charge in [0, 0.05) is 17.7 Å². The molecule has 32 heavy (non-hydrogen) atoms. The van der Waals surface area contributed by atoms with Crippen molar-refractivity contribution >= 4 is 29.4 Å². The maximum Gasteiger partial charge on any atom is 0.326 e. The van der Waals surface area contributed by atoms with Gasteiger partial charge in [0.2, 0.25) is 0 Å². The fourth-order valence-electron chi connectivity index (χ4n) is 2.93. The van der Waals surface area contributed by atoms with Crippen LogP contribution in [0.15, 0.2) is 71.3 Å². The molecule has 164 valence electrons. The SMILES string of the molecule is O=C(O)CCC(NC(=O)c1ccc(-c2ccc(NC(=O)c3ccco3)cc2)cc1)C(=O)O. The molecule has 1 atom stereocenters. The summed E-state index contributed by atoms with van der Waals surface area (Å²) in [6.07, 6.45) is 0.839. The second kappa shape index (κ2) is 10.1. The first-order valence-corrected chi connectivity index (χ1v) is 9.64. The summed E-state index contributed by atoms with van der Waals surface area (Å²) >= 11 is 0. The number of nitrogens with one attached hydrogen (secondary N) is 2. The Morgan fingerprint density at radius 1 is 0.844 bits per heavy atom. The number of carbonyl (C=O) groups excluding carboxylic acids is 2. The van der Waals surface area contributed by atoms with Crippen molar-refractivity contribution in [1.29, 1.82) is 0 Å². The van der Waals surface area contributed by atoms with Gasteiger partial charge in [0.25, 0.3) is 11.8 Å². The van der Waals surface area contributed by atoms with Gasteiger partial charge in [-0.2, -0.15) is 0 Å². The van der Waals surface area contributed by atoms with Gasteiger partial charge in [0.15, 0.2) is 5.76 Å². The lowest BCUT2D eigenvalue weighted by Crippen LogP contribution is -2.41. The molecule has 3 rings (SSSR count). The molecule has 1 aromatic heterocycles. The van der Waals surface area contributed by atoms with Crippen molar-refractivity contribution in [3.8, 4) is 11.1 Å². The molecule has 4 N–H and O–H groups in total. The normalized spacial score (nSPS) is 11.4. The number of amides is 2. The van der Waals surface area contributed by atoms with Crippen LogP contribution in [0.25, 0.3) is 11.1 Å². The van der Waals surface area contributed by atoms with E-state index >= 15 is 0 Å². The van der Waals surface area contributed by atoms with E-state index in [-0.39, 0.29) is 30.1 Å². The van der Waals surface area contributed by atoms with E-state index < -0.39 is 23.9 Å². The number of anilines is 1. The summed E-state index contributed by atoms with van der Waals surface area (Å²) in [7, 11) is 0. The monoisotopic (exact) mass is 436 g/mol. The first-order chi connectivity index (χ1) is 15.3. The van der Waals surface area contributed by atoms with Gasteiger partial charge in [-0.3, -0.25) is 14.4 Å². The zero-order valence-corrected chi connectivity index (χ0v) is 16.8. The predicted molar refractivity (Wildman–Crippen MR) is 114 cm³/mol. The second-order valence-electron chi connectivity index (χ2n) is 6.88. The van der Waals surface area contributed by atoms with Crippen LogP contribution >= 0.6 is 0 Å². The third-order valence-corrected chi connectivity index (χ3v) is 4.62. The zero-order valence-electron chi connectivity index (χ0n) is 16.8. The van der Waals surface area contributed by atoms with E-state index in [4.69, 9.17) is 14.6 Å². The summed E-state index contributed by atoms with van der Waals surface area (Å²) < 4.78 is 5.05. The number of rotatable bonds is 9. The fourth-order valence-corrected chi connectivity index (χ4v) is 2.93. The first-order valence-electron chi connectivity index (χ1n) is 9.64. The zero-order chi connectivity index (χ0) is 23.1. The summed E-state index contributed by atoms with van der Waals surface area (Å²) in [5, 5.41) is 22.9. The molecule has 0 saturated heterocycles.